The molecule has 104 valence electrons. The van der Waals surface area contributed by atoms with E-state index >= 15 is 0 Å². The molecule has 3 N–H and O–H groups in total. The molecule has 4 heteroatoms. The second-order valence-corrected chi connectivity index (χ2v) is 5.33. The van der Waals surface area contributed by atoms with E-state index in [1.165, 1.54) is 5.56 Å². The van der Waals surface area contributed by atoms with Crippen LogP contribution in [0, 0.1) is 5.41 Å². The van der Waals surface area contributed by atoms with E-state index in [1.54, 1.807) is 0 Å². The monoisotopic (exact) mass is 260 g/mol. The number of nitrogens with zero attached hydrogens (tertiary/aromatic N) is 2. The Morgan fingerprint density at radius 2 is 2.21 bits per heavy atom. The molecule has 1 unspecified atom stereocenters. The van der Waals surface area contributed by atoms with Gasteiger partial charge in [0.25, 0.3) is 0 Å². The zero-order valence-corrected chi connectivity index (χ0v) is 11.9. The van der Waals surface area contributed by atoms with Crippen molar-refractivity contribution in [2.75, 3.05) is 26.2 Å². The molecule has 0 radical (unpaired) electrons. The second kappa shape index (κ2) is 6.17. The third-order valence-corrected chi connectivity index (χ3v) is 3.90. The molecule has 0 spiro atoms. The summed E-state index contributed by atoms with van der Waals surface area (Å²) in [6.45, 7) is 9.96. The van der Waals surface area contributed by atoms with Gasteiger partial charge >= 0.3 is 0 Å². The molecule has 1 saturated heterocycles. The van der Waals surface area contributed by atoms with Gasteiger partial charge in [0.1, 0.15) is 5.84 Å². The predicted octanol–water partition coefficient (Wildman–Crippen LogP) is 1.50. The quantitative estimate of drug-likeness (QED) is 0.637. The largest absolute Gasteiger partial charge is 0.384 e. The molecule has 1 aromatic rings. The fourth-order valence-corrected chi connectivity index (χ4v) is 2.78. The Hall–Kier alpha value is -1.39. The molecule has 4 nitrogen and oxygen atoms in total. The lowest BCUT2D eigenvalue weighted by Gasteiger charge is -2.39. The lowest BCUT2D eigenvalue weighted by Crippen LogP contribution is -2.51. The normalized spacial score (nSPS) is 21.5. The van der Waals surface area contributed by atoms with Crippen LogP contribution in [-0.4, -0.2) is 47.9 Å². The van der Waals surface area contributed by atoms with Gasteiger partial charge in [-0.15, -0.1) is 0 Å². The zero-order chi connectivity index (χ0) is 13.8. The van der Waals surface area contributed by atoms with Crippen molar-refractivity contribution in [2.45, 2.75) is 26.4 Å². The van der Waals surface area contributed by atoms with Gasteiger partial charge in [0.15, 0.2) is 0 Å². The first-order chi connectivity index (χ1) is 9.10. The van der Waals surface area contributed by atoms with E-state index in [1.807, 2.05) is 18.2 Å². The smallest absolute Gasteiger partial charge is 0.122 e. The van der Waals surface area contributed by atoms with Gasteiger partial charge in [-0.2, -0.15) is 0 Å². The van der Waals surface area contributed by atoms with E-state index in [0.29, 0.717) is 6.04 Å². The van der Waals surface area contributed by atoms with Gasteiger partial charge < -0.3 is 5.73 Å². The lowest BCUT2D eigenvalue weighted by molar-refractivity contribution is 0.0834. The average molecular weight is 260 g/mol. The Morgan fingerprint density at radius 1 is 1.42 bits per heavy atom. The van der Waals surface area contributed by atoms with Crippen LogP contribution in [0.2, 0.25) is 0 Å². The number of nitrogens with one attached hydrogen (secondary N) is 1. The summed E-state index contributed by atoms with van der Waals surface area (Å²) in [5, 5.41) is 7.49. The third kappa shape index (κ3) is 3.55. The maximum absolute atomic E-state index is 7.49. The molecule has 0 aliphatic carbocycles. The van der Waals surface area contributed by atoms with Gasteiger partial charge in [0.05, 0.1) is 0 Å². The second-order valence-electron chi connectivity index (χ2n) is 5.33. The number of amidine groups is 1. The number of likely N-dealkylation sites (N-methyl/N-ethyl adjacent to an activating group) is 1. The molecule has 0 bridgehead atoms. The molecule has 1 aliphatic rings. The van der Waals surface area contributed by atoms with Gasteiger partial charge in [-0.05, 0) is 25.1 Å². The van der Waals surface area contributed by atoms with Crippen molar-refractivity contribution in [1.82, 2.24) is 9.80 Å². The highest BCUT2D eigenvalue weighted by molar-refractivity contribution is 5.95. The first-order valence-corrected chi connectivity index (χ1v) is 7.00. The highest BCUT2D eigenvalue weighted by Crippen LogP contribution is 2.13. The topological polar surface area (TPSA) is 56.4 Å². The van der Waals surface area contributed by atoms with Crippen LogP contribution in [0.1, 0.15) is 25.0 Å². The fraction of sp³-hybridized carbons (Fsp3) is 0.533. The van der Waals surface area contributed by atoms with Crippen LogP contribution in [0.5, 0.6) is 0 Å². The third-order valence-electron chi connectivity index (χ3n) is 3.90. The Morgan fingerprint density at radius 3 is 2.84 bits per heavy atom. The van der Waals surface area contributed by atoms with Crippen LogP contribution < -0.4 is 5.73 Å². The Bertz CT molecular complexity index is 444. The number of nitrogen functional groups attached to an aromatic ring is 1. The Labute approximate surface area is 115 Å². The summed E-state index contributed by atoms with van der Waals surface area (Å²) in [6, 6.07) is 8.64. The van der Waals surface area contributed by atoms with Gasteiger partial charge in [-0.1, -0.05) is 25.1 Å². The number of hydrogen-bond acceptors (Lipinski definition) is 3. The molecule has 1 aliphatic heterocycles. The van der Waals surface area contributed by atoms with Crippen LogP contribution in [0.25, 0.3) is 0 Å². The average Bonchev–Trinajstić information content (AvgIpc) is 2.39. The first kappa shape index (κ1) is 14.0. The standard InChI is InChI=1S/C15H24N4/c1-3-19-8-7-18(10-12(19)2)11-13-5-4-6-14(9-13)15(16)17/h4-6,9,12H,3,7-8,10-11H2,1-2H3,(H3,16,17). The summed E-state index contributed by atoms with van der Waals surface area (Å²) in [7, 11) is 0. The molecule has 1 aromatic carbocycles. The number of piperazine rings is 1. The predicted molar refractivity (Wildman–Crippen MR) is 79.4 cm³/mol. The minimum Gasteiger partial charge on any atom is -0.384 e. The van der Waals surface area contributed by atoms with Crippen LogP contribution in [-0.2, 0) is 6.54 Å². The summed E-state index contributed by atoms with van der Waals surface area (Å²) in [5.41, 5.74) is 7.60. The van der Waals surface area contributed by atoms with Crippen molar-refractivity contribution in [2.24, 2.45) is 5.73 Å². The summed E-state index contributed by atoms with van der Waals surface area (Å²) >= 11 is 0. The molecule has 1 heterocycles. The maximum atomic E-state index is 7.49. The van der Waals surface area contributed by atoms with Gasteiger partial charge in [0, 0.05) is 37.8 Å². The molecular weight excluding hydrogens is 236 g/mol. The molecule has 19 heavy (non-hydrogen) atoms. The molecule has 0 aromatic heterocycles. The highest BCUT2D eigenvalue weighted by atomic mass is 15.3. The van der Waals surface area contributed by atoms with E-state index in [4.69, 9.17) is 11.1 Å². The minimum atomic E-state index is 0.144. The van der Waals surface area contributed by atoms with Crippen LogP contribution in [0.15, 0.2) is 24.3 Å². The van der Waals surface area contributed by atoms with Crippen molar-refractivity contribution in [3.8, 4) is 0 Å². The van der Waals surface area contributed by atoms with Crippen molar-refractivity contribution < 1.29 is 0 Å². The highest BCUT2D eigenvalue weighted by Gasteiger charge is 2.22. The number of nitrogens with two attached hydrogens (primary N) is 1. The van der Waals surface area contributed by atoms with E-state index in [9.17, 15) is 0 Å². The lowest BCUT2D eigenvalue weighted by atomic mass is 10.1. The molecule has 0 saturated carbocycles. The SMILES string of the molecule is CCN1CCN(Cc2cccc(C(=N)N)c2)CC1C. The van der Waals surface area contributed by atoms with E-state index in [2.05, 4.69) is 29.7 Å². The summed E-state index contributed by atoms with van der Waals surface area (Å²) < 4.78 is 0. The van der Waals surface area contributed by atoms with Crippen molar-refractivity contribution in [3.05, 3.63) is 35.4 Å². The first-order valence-electron chi connectivity index (χ1n) is 7.00. The molecule has 2 rings (SSSR count). The van der Waals surface area contributed by atoms with Crippen LogP contribution >= 0.6 is 0 Å². The number of benzene rings is 1. The minimum absolute atomic E-state index is 0.144. The molecule has 1 fully saturated rings. The molecular formula is C15H24N4. The van der Waals surface area contributed by atoms with Crippen molar-refractivity contribution in [3.63, 3.8) is 0 Å². The zero-order valence-electron chi connectivity index (χ0n) is 11.9. The maximum Gasteiger partial charge on any atom is 0.122 e. The van der Waals surface area contributed by atoms with Crippen LogP contribution in [0.4, 0.5) is 0 Å². The van der Waals surface area contributed by atoms with Crippen LogP contribution in [0.3, 0.4) is 0 Å². The number of rotatable bonds is 4. The van der Waals surface area contributed by atoms with Crippen molar-refractivity contribution >= 4 is 5.84 Å². The molecule has 0 amide bonds. The molecule has 1 atom stereocenters. The summed E-state index contributed by atoms with van der Waals surface area (Å²) in [4.78, 5) is 5.00. The van der Waals surface area contributed by atoms with Crippen molar-refractivity contribution in [1.29, 1.82) is 5.41 Å². The Kier molecular flexibility index (Phi) is 4.56. The van der Waals surface area contributed by atoms with E-state index in [-0.39, 0.29) is 5.84 Å². The summed E-state index contributed by atoms with van der Waals surface area (Å²) in [6.07, 6.45) is 0. The Balaban J connectivity index is 1.98. The number of hydrogen-bond donors (Lipinski definition) is 2. The van der Waals surface area contributed by atoms with Gasteiger partial charge in [-0.25, -0.2) is 0 Å². The fourth-order valence-electron chi connectivity index (χ4n) is 2.78. The van der Waals surface area contributed by atoms with E-state index in [0.717, 1.165) is 38.3 Å². The van der Waals surface area contributed by atoms with Gasteiger partial charge in [0.2, 0.25) is 0 Å². The van der Waals surface area contributed by atoms with Gasteiger partial charge in [-0.3, -0.25) is 15.2 Å². The summed E-state index contributed by atoms with van der Waals surface area (Å²) in [5.74, 6) is 0.144. The van der Waals surface area contributed by atoms with E-state index < -0.39 is 0 Å².